The molecule has 0 aliphatic heterocycles. The van der Waals surface area contributed by atoms with E-state index in [-0.39, 0.29) is 9.79 Å². The van der Waals surface area contributed by atoms with E-state index in [2.05, 4.69) is 6.58 Å². The van der Waals surface area contributed by atoms with Crippen molar-refractivity contribution in [2.45, 2.75) is 16.7 Å². The number of hydrogen-bond donors (Lipinski definition) is 0. The van der Waals surface area contributed by atoms with Gasteiger partial charge in [0, 0.05) is 11.6 Å². The molecule has 4 heteroatoms. The fourth-order valence-corrected chi connectivity index (χ4v) is 4.61. The van der Waals surface area contributed by atoms with Crippen LogP contribution in [0, 0.1) is 6.92 Å². The average molecular weight is 400 g/mol. The number of sulfone groups is 1. The number of rotatable bonds is 5. The Labute approximate surface area is 170 Å². The fourth-order valence-electron chi connectivity index (χ4n) is 3.18. The largest absolute Gasteiger partial charge is 0.455 e. The van der Waals surface area contributed by atoms with Crippen molar-refractivity contribution in [1.82, 2.24) is 0 Å². The molecule has 1 aromatic heterocycles. The highest BCUT2D eigenvalue weighted by atomic mass is 32.2. The van der Waals surface area contributed by atoms with Gasteiger partial charge in [0.25, 0.3) is 0 Å². The van der Waals surface area contributed by atoms with Crippen LogP contribution in [0.15, 0.2) is 106 Å². The van der Waals surface area contributed by atoms with E-state index in [4.69, 9.17) is 4.42 Å². The van der Waals surface area contributed by atoms with Gasteiger partial charge >= 0.3 is 0 Å². The van der Waals surface area contributed by atoms with E-state index in [0.717, 1.165) is 16.7 Å². The zero-order chi connectivity index (χ0) is 20.4. The molecule has 0 radical (unpaired) electrons. The van der Waals surface area contributed by atoms with Crippen LogP contribution in [-0.4, -0.2) is 8.42 Å². The summed E-state index contributed by atoms with van der Waals surface area (Å²) in [7, 11) is -3.73. The van der Waals surface area contributed by atoms with Crippen LogP contribution in [0.5, 0.6) is 0 Å². The topological polar surface area (TPSA) is 47.3 Å². The third-order valence-electron chi connectivity index (χ3n) is 4.79. The molecule has 0 fully saturated rings. The Bertz CT molecular complexity index is 1250. The smallest absolute Gasteiger partial charge is 0.210 e. The van der Waals surface area contributed by atoms with Gasteiger partial charge in [0.2, 0.25) is 9.84 Å². The van der Waals surface area contributed by atoms with Gasteiger partial charge in [-0.05, 0) is 36.3 Å². The zero-order valence-corrected chi connectivity index (χ0v) is 16.8. The molecular formula is C25H20O3S. The van der Waals surface area contributed by atoms with Crippen LogP contribution >= 0.6 is 0 Å². The third-order valence-corrected chi connectivity index (χ3v) is 6.57. The van der Waals surface area contributed by atoms with E-state index in [1.165, 1.54) is 12.1 Å². The molecule has 0 amide bonds. The first kappa shape index (κ1) is 19.0. The minimum atomic E-state index is -3.73. The molecule has 4 rings (SSSR count). The molecule has 3 aromatic carbocycles. The maximum atomic E-state index is 13.3. The van der Waals surface area contributed by atoms with Crippen molar-refractivity contribution in [3.05, 3.63) is 103 Å². The predicted octanol–water partition coefficient (Wildman–Crippen LogP) is 6.40. The van der Waals surface area contributed by atoms with Crippen LogP contribution in [-0.2, 0) is 9.84 Å². The van der Waals surface area contributed by atoms with E-state index in [1.54, 1.807) is 24.3 Å². The number of benzene rings is 3. The summed E-state index contributed by atoms with van der Waals surface area (Å²) < 4.78 is 32.4. The molecule has 3 nitrogen and oxygen atoms in total. The van der Waals surface area contributed by atoms with Gasteiger partial charge in [-0.1, -0.05) is 78.9 Å². The molecule has 0 N–H and O–H groups in total. The van der Waals surface area contributed by atoms with E-state index in [9.17, 15) is 8.42 Å². The maximum Gasteiger partial charge on any atom is 0.210 e. The van der Waals surface area contributed by atoms with E-state index in [1.807, 2.05) is 61.5 Å². The lowest BCUT2D eigenvalue weighted by Gasteiger charge is -2.07. The summed E-state index contributed by atoms with van der Waals surface area (Å²) in [6.45, 7) is 5.63. The first-order valence-electron chi connectivity index (χ1n) is 9.23. The maximum absolute atomic E-state index is 13.3. The quantitative estimate of drug-likeness (QED) is 0.389. The normalized spacial score (nSPS) is 11.3. The minimum Gasteiger partial charge on any atom is -0.455 e. The van der Waals surface area contributed by atoms with Gasteiger partial charge in [0.15, 0.2) is 5.76 Å². The van der Waals surface area contributed by atoms with E-state index in [0.29, 0.717) is 17.1 Å². The SMILES string of the molecule is C=Cc1cc(S(=O)(=O)c2ccc(C)cc2)c(-c2ccc(-c3ccccc3)cc2)o1. The molecule has 1 heterocycles. The highest BCUT2D eigenvalue weighted by Gasteiger charge is 2.26. The van der Waals surface area contributed by atoms with Crippen molar-refractivity contribution in [3.63, 3.8) is 0 Å². The van der Waals surface area contributed by atoms with Crippen molar-refractivity contribution >= 4 is 15.9 Å². The van der Waals surface area contributed by atoms with Crippen molar-refractivity contribution in [2.75, 3.05) is 0 Å². The van der Waals surface area contributed by atoms with Crippen LogP contribution in [0.1, 0.15) is 11.3 Å². The molecule has 144 valence electrons. The molecule has 0 aliphatic rings. The van der Waals surface area contributed by atoms with Gasteiger partial charge in [0.05, 0.1) is 4.90 Å². The Hall–Kier alpha value is -3.37. The second kappa shape index (κ2) is 7.57. The fraction of sp³-hybridized carbons (Fsp3) is 0.0400. The summed E-state index contributed by atoms with van der Waals surface area (Å²) in [5.74, 6) is 0.734. The van der Waals surface area contributed by atoms with Crippen molar-refractivity contribution in [2.24, 2.45) is 0 Å². The summed E-state index contributed by atoms with van der Waals surface area (Å²) >= 11 is 0. The molecule has 0 aliphatic carbocycles. The van der Waals surface area contributed by atoms with Crippen LogP contribution in [0.4, 0.5) is 0 Å². The van der Waals surface area contributed by atoms with Crippen LogP contribution < -0.4 is 0 Å². The molecule has 0 saturated carbocycles. The Morgan fingerprint density at radius 2 is 1.38 bits per heavy atom. The van der Waals surface area contributed by atoms with Gasteiger partial charge in [-0.25, -0.2) is 8.42 Å². The van der Waals surface area contributed by atoms with E-state index < -0.39 is 9.84 Å². The first-order chi connectivity index (χ1) is 14.0. The summed E-state index contributed by atoms with van der Waals surface area (Å²) in [6.07, 6.45) is 1.51. The van der Waals surface area contributed by atoms with Gasteiger partial charge in [-0.2, -0.15) is 0 Å². The minimum absolute atomic E-state index is 0.142. The van der Waals surface area contributed by atoms with Gasteiger partial charge in [-0.3, -0.25) is 0 Å². The van der Waals surface area contributed by atoms with Gasteiger partial charge in [-0.15, -0.1) is 0 Å². The summed E-state index contributed by atoms with van der Waals surface area (Å²) in [5.41, 5.74) is 3.84. The molecule has 29 heavy (non-hydrogen) atoms. The third kappa shape index (κ3) is 3.67. The Morgan fingerprint density at radius 1 is 0.793 bits per heavy atom. The Morgan fingerprint density at radius 3 is 2.00 bits per heavy atom. The first-order valence-corrected chi connectivity index (χ1v) is 10.7. The second-order valence-electron chi connectivity index (χ2n) is 6.81. The molecular weight excluding hydrogens is 380 g/mol. The van der Waals surface area contributed by atoms with Crippen LogP contribution in [0.2, 0.25) is 0 Å². The van der Waals surface area contributed by atoms with Crippen molar-refractivity contribution < 1.29 is 12.8 Å². The molecule has 4 aromatic rings. The molecule has 0 spiro atoms. The summed E-state index contributed by atoms with van der Waals surface area (Å²) in [4.78, 5) is 0.380. The van der Waals surface area contributed by atoms with E-state index >= 15 is 0 Å². The van der Waals surface area contributed by atoms with Crippen molar-refractivity contribution in [3.8, 4) is 22.5 Å². The van der Waals surface area contributed by atoms with Crippen molar-refractivity contribution in [1.29, 1.82) is 0 Å². The van der Waals surface area contributed by atoms with Gasteiger partial charge < -0.3 is 4.42 Å². The molecule has 0 bridgehead atoms. The zero-order valence-electron chi connectivity index (χ0n) is 16.0. The summed E-state index contributed by atoms with van der Waals surface area (Å²) in [5, 5.41) is 0. The second-order valence-corrected chi connectivity index (χ2v) is 8.72. The highest BCUT2D eigenvalue weighted by Crippen LogP contribution is 2.35. The van der Waals surface area contributed by atoms with Gasteiger partial charge in [0.1, 0.15) is 10.7 Å². The molecule has 0 atom stereocenters. The van der Waals surface area contributed by atoms with Crippen LogP contribution in [0.3, 0.4) is 0 Å². The lowest BCUT2D eigenvalue weighted by atomic mass is 10.0. The monoisotopic (exact) mass is 400 g/mol. The summed E-state index contributed by atoms with van der Waals surface area (Å²) in [6, 6.07) is 26.0. The number of furan rings is 1. The Balaban J connectivity index is 1.80. The molecule has 0 unspecified atom stereocenters. The average Bonchev–Trinajstić information content (AvgIpc) is 3.20. The molecule has 0 saturated heterocycles. The van der Waals surface area contributed by atoms with Crippen LogP contribution in [0.25, 0.3) is 28.5 Å². The highest BCUT2D eigenvalue weighted by molar-refractivity contribution is 7.91. The predicted molar refractivity (Wildman–Crippen MR) is 116 cm³/mol. The lowest BCUT2D eigenvalue weighted by Crippen LogP contribution is -2.02. The lowest BCUT2D eigenvalue weighted by molar-refractivity contribution is 0.563. The standard InChI is InChI=1S/C25H20O3S/c1-3-22-17-24(29(26,27)23-15-9-18(2)10-16-23)25(28-22)21-13-11-20(12-14-21)19-7-5-4-6-8-19/h3-17H,1H2,2H3. The number of hydrogen-bond acceptors (Lipinski definition) is 3. The Kier molecular flexibility index (Phi) is 4.95. The number of aryl methyl sites for hydroxylation is 1.